The van der Waals surface area contributed by atoms with Crippen molar-refractivity contribution in [3.05, 3.63) is 54.7 Å². The Balaban J connectivity index is -0.000000294. The van der Waals surface area contributed by atoms with E-state index in [1.165, 1.54) is 19.0 Å². The second-order valence-corrected chi connectivity index (χ2v) is 10.9. The van der Waals surface area contributed by atoms with Crippen molar-refractivity contribution in [2.45, 2.75) is 49.5 Å². The fourth-order valence-corrected chi connectivity index (χ4v) is 2.63. The van der Waals surface area contributed by atoms with Gasteiger partial charge in [0.2, 0.25) is 0 Å². The molecular formula is C28H51N13O14S2. The summed E-state index contributed by atoms with van der Waals surface area (Å²) in [6.45, 7) is -0.556. The highest BCUT2D eigenvalue weighted by atomic mass is 32.1. The van der Waals surface area contributed by atoms with Gasteiger partial charge in [0.15, 0.2) is 0 Å². The number of aromatic nitrogens is 6. The van der Waals surface area contributed by atoms with E-state index in [9.17, 15) is 33.6 Å². The van der Waals surface area contributed by atoms with Crippen LogP contribution in [0.5, 0.6) is 0 Å². The van der Waals surface area contributed by atoms with Gasteiger partial charge in [-0.2, -0.15) is 25.3 Å². The Morgan fingerprint density at radius 2 is 0.667 bits per heavy atom. The number of H-pyrrole nitrogens is 3. The molecule has 0 aliphatic heterocycles. The largest absolute Gasteiger partial charge is 0.480 e. The van der Waals surface area contributed by atoms with Crippen molar-refractivity contribution in [2.75, 3.05) is 24.6 Å². The lowest BCUT2D eigenvalue weighted by Crippen LogP contribution is -2.32. The lowest BCUT2D eigenvalue weighted by Gasteiger charge is -2.02. The number of carboxylic acid groups (broad SMARTS) is 7. The van der Waals surface area contributed by atoms with Crippen LogP contribution in [0, 0.1) is 0 Å². The molecule has 27 nitrogen and oxygen atoms in total. The molecule has 0 saturated heterocycles. The summed E-state index contributed by atoms with van der Waals surface area (Å²) in [6.07, 6.45) is 10.0. The second-order valence-electron chi connectivity index (χ2n) is 10.1. The summed E-state index contributed by atoms with van der Waals surface area (Å²) in [5.41, 5.74) is 37.0. The van der Waals surface area contributed by atoms with Crippen LogP contribution >= 0.6 is 25.3 Å². The van der Waals surface area contributed by atoms with Crippen molar-refractivity contribution in [3.8, 4) is 0 Å². The first kappa shape index (κ1) is 58.1. The molecule has 29 heteroatoms. The number of nitrogens with one attached hydrogen (secondary N) is 3. The van der Waals surface area contributed by atoms with Gasteiger partial charge in [0, 0.05) is 66.4 Å². The van der Waals surface area contributed by atoms with E-state index < -0.39 is 72.0 Å². The molecule has 0 amide bonds. The minimum absolute atomic E-state index is 0.190. The number of carbonyl (C=O) groups is 7. The highest BCUT2D eigenvalue weighted by Gasteiger charge is 2.14. The topological polar surface area (TPSA) is 529 Å². The highest BCUT2D eigenvalue weighted by molar-refractivity contribution is 7.80. The minimum Gasteiger partial charge on any atom is -0.480 e. The predicted molar refractivity (Wildman–Crippen MR) is 206 cm³/mol. The lowest BCUT2D eigenvalue weighted by molar-refractivity contribution is -0.139. The van der Waals surface area contributed by atoms with Gasteiger partial charge in [-0.3, -0.25) is 33.6 Å². The van der Waals surface area contributed by atoms with E-state index in [2.05, 4.69) is 66.6 Å². The van der Waals surface area contributed by atoms with Crippen LogP contribution in [0.25, 0.3) is 0 Å². The van der Waals surface area contributed by atoms with E-state index >= 15 is 0 Å². The van der Waals surface area contributed by atoms with E-state index in [0.717, 1.165) is 17.1 Å². The van der Waals surface area contributed by atoms with Crippen molar-refractivity contribution in [1.29, 1.82) is 0 Å². The van der Waals surface area contributed by atoms with Gasteiger partial charge in [0.1, 0.15) is 30.2 Å². The number of aromatic amines is 3. The third-order valence-electron chi connectivity index (χ3n) is 5.31. The Morgan fingerprint density at radius 3 is 0.754 bits per heavy atom. The third kappa shape index (κ3) is 38.4. The van der Waals surface area contributed by atoms with Gasteiger partial charge >= 0.3 is 41.8 Å². The summed E-state index contributed by atoms with van der Waals surface area (Å²) in [5, 5.41) is 56.5. The Kier molecular flexibility index (Phi) is 36.7. The van der Waals surface area contributed by atoms with Gasteiger partial charge in [-0.05, 0) is 0 Å². The molecule has 3 aromatic rings. The summed E-state index contributed by atoms with van der Waals surface area (Å²) in [7, 11) is 0. The Morgan fingerprint density at radius 1 is 0.474 bits per heavy atom. The molecule has 0 fully saturated rings. The van der Waals surface area contributed by atoms with E-state index in [1.54, 1.807) is 18.6 Å². The molecule has 3 heterocycles. The molecule has 0 saturated carbocycles. The molecule has 0 bridgehead atoms. The Bertz CT molecular complexity index is 1360. The number of rotatable bonds is 15. The maximum absolute atomic E-state index is 10.3. The van der Waals surface area contributed by atoms with Crippen LogP contribution in [-0.2, 0) is 52.8 Å². The zero-order chi connectivity index (χ0) is 45.1. The molecular weight excluding hydrogens is 807 g/mol. The van der Waals surface area contributed by atoms with Crippen molar-refractivity contribution in [3.63, 3.8) is 0 Å². The summed E-state index contributed by atoms with van der Waals surface area (Å²) in [5.74, 6) is -6.57. The summed E-state index contributed by atoms with van der Waals surface area (Å²) < 4.78 is 0. The molecule has 0 aliphatic carbocycles. The molecule has 5 atom stereocenters. The second kappa shape index (κ2) is 36.0. The van der Waals surface area contributed by atoms with Crippen LogP contribution in [0.4, 0.5) is 0 Å². The SMILES string of the molecule is NCC(=O)O.NCC(=O)O.N[C@@H](CS)C(=O)O.N[C@@H](CS)C(=O)O.N[C@@H](Cc1cnc[nH]1)C(=O)O.N[C@@H](Cc1cnc[nH]1)C(=O)O.N[C@@H](Cc1cnc[nH]1)C(=O)O. The number of nitrogens with zero attached hydrogens (tertiary/aromatic N) is 3. The first-order chi connectivity index (χ1) is 26.5. The van der Waals surface area contributed by atoms with Crippen molar-refractivity contribution < 1.29 is 69.3 Å². The normalized spacial score (nSPS) is 12.0. The van der Waals surface area contributed by atoms with Crippen molar-refractivity contribution in [1.82, 2.24) is 29.9 Å². The molecule has 3 aromatic heterocycles. The summed E-state index contributed by atoms with van der Waals surface area (Å²) >= 11 is 7.30. The van der Waals surface area contributed by atoms with Gasteiger partial charge < -0.3 is 90.8 Å². The first-order valence-electron chi connectivity index (χ1n) is 15.4. The standard InChI is InChI=1S/3C6H9N3O2.2C3H7NO2S.2C2H5NO2/c3*7-5(6(10)11)1-4-2-8-3-9-4;2*4-2(1-7)3(5)6;2*3-1-2(4)5/h3*2-3,5H,1,7H2,(H,8,9)(H,10,11);2*2,7H,1,4H2,(H,5,6);2*1,3H2,(H,4,5)/t3*5-;2*2-;;/m00000../s1. The fraction of sp³-hybridized carbons (Fsp3) is 0.429. The zero-order valence-electron chi connectivity index (χ0n) is 30.1. The van der Waals surface area contributed by atoms with Crippen molar-refractivity contribution >= 4 is 67.0 Å². The predicted octanol–water partition coefficient (Wildman–Crippen LogP) is -5.19. The average Bonchev–Trinajstić information content (AvgIpc) is 3.98. The first-order valence-corrected chi connectivity index (χ1v) is 16.7. The maximum atomic E-state index is 10.3. The lowest BCUT2D eigenvalue weighted by atomic mass is 10.2. The molecule has 0 radical (unpaired) electrons. The summed E-state index contributed by atoms with van der Waals surface area (Å²) in [6, 6.07) is -4.19. The minimum atomic E-state index is -1.00. The van der Waals surface area contributed by atoms with Crippen LogP contribution < -0.4 is 40.1 Å². The van der Waals surface area contributed by atoms with E-state index in [-0.39, 0.29) is 43.9 Å². The molecule has 3 rings (SSSR count). The van der Waals surface area contributed by atoms with Crippen LogP contribution in [-0.4, -0.2) is 162 Å². The van der Waals surface area contributed by atoms with Gasteiger partial charge in [-0.1, -0.05) is 0 Å². The monoisotopic (exact) mass is 857 g/mol. The average molecular weight is 858 g/mol. The van der Waals surface area contributed by atoms with Gasteiger partial charge in [0.25, 0.3) is 0 Å². The van der Waals surface area contributed by atoms with Crippen LogP contribution in [0.2, 0.25) is 0 Å². The highest BCUT2D eigenvalue weighted by Crippen LogP contribution is 1.97. The molecule has 324 valence electrons. The van der Waals surface area contributed by atoms with E-state index in [0.29, 0.717) is 0 Å². The molecule has 0 spiro atoms. The molecule has 0 aromatic carbocycles. The number of aliphatic carboxylic acids is 7. The number of carboxylic acids is 7. The molecule has 0 aliphatic rings. The smallest absolute Gasteiger partial charge is 0.321 e. The summed E-state index contributed by atoms with van der Waals surface area (Å²) in [4.78, 5) is 88.3. The quantitative estimate of drug-likeness (QED) is 0.0635. The van der Waals surface area contributed by atoms with E-state index in [1.807, 2.05) is 0 Å². The van der Waals surface area contributed by atoms with Gasteiger partial charge in [0.05, 0.1) is 32.1 Å². The van der Waals surface area contributed by atoms with Gasteiger partial charge in [-0.15, -0.1) is 0 Å². The number of nitrogens with two attached hydrogens (primary N) is 7. The number of thiol groups is 2. The maximum Gasteiger partial charge on any atom is 0.321 e. The number of imidazole rings is 3. The third-order valence-corrected chi connectivity index (χ3v) is 6.10. The van der Waals surface area contributed by atoms with Crippen LogP contribution in [0.15, 0.2) is 37.6 Å². The molecule has 24 N–H and O–H groups in total. The number of hydrogen-bond acceptors (Lipinski definition) is 19. The zero-order valence-corrected chi connectivity index (χ0v) is 31.9. The molecule has 57 heavy (non-hydrogen) atoms. The van der Waals surface area contributed by atoms with Gasteiger partial charge in [-0.25, -0.2) is 15.0 Å². The fourth-order valence-electron chi connectivity index (χ4n) is 2.32. The van der Waals surface area contributed by atoms with Crippen LogP contribution in [0.3, 0.4) is 0 Å². The van der Waals surface area contributed by atoms with E-state index in [4.69, 9.17) is 64.4 Å². The van der Waals surface area contributed by atoms with Crippen molar-refractivity contribution in [2.24, 2.45) is 40.1 Å². The van der Waals surface area contributed by atoms with Crippen LogP contribution in [0.1, 0.15) is 17.1 Å². The Labute approximate surface area is 334 Å². The number of hydrogen-bond donors (Lipinski definition) is 19. The molecule has 0 unspecified atom stereocenters. The Hall–Kier alpha value is -5.66.